The summed E-state index contributed by atoms with van der Waals surface area (Å²) >= 11 is 1.94. The van der Waals surface area contributed by atoms with Gasteiger partial charge >= 0.3 is 0 Å². The smallest absolute Gasteiger partial charge is 0.272 e. The largest absolute Gasteiger partial charge is 0.381 e. The predicted octanol–water partition coefficient (Wildman–Crippen LogP) is 3.63. The molecule has 3 heterocycles. The summed E-state index contributed by atoms with van der Waals surface area (Å²) < 4.78 is 7.24. The van der Waals surface area contributed by atoms with Gasteiger partial charge in [0.15, 0.2) is 0 Å². The summed E-state index contributed by atoms with van der Waals surface area (Å²) in [7, 11) is 1.89. The fourth-order valence-corrected chi connectivity index (χ4v) is 5.10. The van der Waals surface area contributed by atoms with Gasteiger partial charge in [-0.2, -0.15) is 16.9 Å². The zero-order valence-corrected chi connectivity index (χ0v) is 16.7. The first-order chi connectivity index (χ1) is 13.2. The van der Waals surface area contributed by atoms with Crippen molar-refractivity contribution in [2.24, 2.45) is 7.05 Å². The van der Waals surface area contributed by atoms with Crippen LogP contribution >= 0.6 is 11.8 Å². The van der Waals surface area contributed by atoms with Gasteiger partial charge in [0.25, 0.3) is 5.91 Å². The lowest BCUT2D eigenvalue weighted by atomic mass is 9.96. The quantitative estimate of drug-likeness (QED) is 0.809. The molecule has 144 valence electrons. The Hall–Kier alpha value is -1.79. The van der Waals surface area contributed by atoms with Gasteiger partial charge in [-0.05, 0) is 36.6 Å². The first-order valence-corrected chi connectivity index (χ1v) is 10.9. The summed E-state index contributed by atoms with van der Waals surface area (Å²) in [5.41, 5.74) is 2.95. The fraction of sp³-hybridized carbons (Fsp3) is 0.524. The van der Waals surface area contributed by atoms with Crippen LogP contribution in [0.5, 0.6) is 0 Å². The van der Waals surface area contributed by atoms with Crippen molar-refractivity contribution in [2.75, 3.05) is 31.3 Å². The molecule has 0 radical (unpaired) electrons. The molecule has 0 spiro atoms. The monoisotopic (exact) mass is 385 g/mol. The highest BCUT2D eigenvalue weighted by Crippen LogP contribution is 2.31. The maximum atomic E-state index is 13.5. The van der Waals surface area contributed by atoms with Gasteiger partial charge in [0, 0.05) is 38.5 Å². The highest BCUT2D eigenvalue weighted by Gasteiger charge is 2.30. The maximum Gasteiger partial charge on any atom is 0.272 e. The van der Waals surface area contributed by atoms with E-state index in [0.717, 1.165) is 56.2 Å². The third-order valence-corrected chi connectivity index (χ3v) is 6.67. The van der Waals surface area contributed by atoms with Crippen molar-refractivity contribution in [1.29, 1.82) is 0 Å². The van der Waals surface area contributed by atoms with E-state index in [2.05, 4.69) is 34.3 Å². The van der Waals surface area contributed by atoms with Crippen LogP contribution in [0, 0.1) is 0 Å². The van der Waals surface area contributed by atoms with Gasteiger partial charge in [0.1, 0.15) is 5.69 Å². The Morgan fingerprint density at radius 2 is 2.00 bits per heavy atom. The molecule has 1 unspecified atom stereocenters. The number of ether oxygens (including phenoxy) is 1. The van der Waals surface area contributed by atoms with Crippen molar-refractivity contribution in [3.63, 3.8) is 0 Å². The number of benzene rings is 1. The van der Waals surface area contributed by atoms with Crippen LogP contribution in [0.1, 0.15) is 53.0 Å². The SMILES string of the molecule is Cn1nc(C2CCOCC2)cc1C(=O)N1CCCSCC1c1ccccc1. The number of thioether (sulfide) groups is 1. The molecule has 2 aliphatic rings. The number of hydrogen-bond acceptors (Lipinski definition) is 4. The Kier molecular flexibility index (Phi) is 5.83. The van der Waals surface area contributed by atoms with Crippen molar-refractivity contribution >= 4 is 17.7 Å². The van der Waals surface area contributed by atoms with Gasteiger partial charge in [-0.1, -0.05) is 30.3 Å². The van der Waals surface area contributed by atoms with E-state index in [1.807, 2.05) is 30.9 Å². The minimum absolute atomic E-state index is 0.0969. The zero-order valence-electron chi connectivity index (χ0n) is 15.8. The first-order valence-electron chi connectivity index (χ1n) is 9.79. The Balaban J connectivity index is 1.60. The third kappa shape index (κ3) is 4.06. The Bertz CT molecular complexity index is 771. The zero-order chi connectivity index (χ0) is 18.6. The lowest BCUT2D eigenvalue weighted by Gasteiger charge is -2.30. The van der Waals surface area contributed by atoms with Crippen LogP contribution in [0.15, 0.2) is 36.4 Å². The van der Waals surface area contributed by atoms with Crippen LogP contribution < -0.4 is 0 Å². The van der Waals surface area contributed by atoms with Crippen molar-refractivity contribution in [2.45, 2.75) is 31.2 Å². The number of amides is 1. The first kappa shape index (κ1) is 18.6. The molecule has 27 heavy (non-hydrogen) atoms. The standard InChI is InChI=1S/C21H27N3O2S/c1-23-19(14-18(22-23)16-8-11-26-12-9-16)21(25)24-10-5-13-27-15-20(24)17-6-3-2-4-7-17/h2-4,6-7,14,16,20H,5,8-13,15H2,1H3. The maximum absolute atomic E-state index is 13.5. The van der Waals surface area contributed by atoms with E-state index in [4.69, 9.17) is 4.74 Å². The molecule has 0 N–H and O–H groups in total. The van der Waals surface area contributed by atoms with Crippen molar-refractivity contribution in [3.8, 4) is 0 Å². The molecule has 2 saturated heterocycles. The van der Waals surface area contributed by atoms with E-state index in [1.54, 1.807) is 4.68 Å². The second-order valence-electron chi connectivity index (χ2n) is 7.32. The minimum Gasteiger partial charge on any atom is -0.381 e. The van der Waals surface area contributed by atoms with Crippen molar-refractivity contribution in [1.82, 2.24) is 14.7 Å². The molecule has 4 rings (SSSR count). The lowest BCUT2D eigenvalue weighted by molar-refractivity contribution is 0.0687. The third-order valence-electron chi connectivity index (χ3n) is 5.54. The van der Waals surface area contributed by atoms with Crippen LogP contribution in [0.4, 0.5) is 0 Å². The van der Waals surface area contributed by atoms with Crippen LogP contribution in [0.25, 0.3) is 0 Å². The summed E-state index contributed by atoms with van der Waals surface area (Å²) in [6.45, 7) is 2.36. The number of aromatic nitrogens is 2. The van der Waals surface area contributed by atoms with Gasteiger partial charge in [0.2, 0.25) is 0 Å². The Morgan fingerprint density at radius 1 is 1.22 bits per heavy atom. The predicted molar refractivity (Wildman–Crippen MR) is 108 cm³/mol. The van der Waals surface area contributed by atoms with E-state index in [-0.39, 0.29) is 11.9 Å². The number of aryl methyl sites for hydroxylation is 1. The van der Waals surface area contributed by atoms with Crippen molar-refractivity contribution in [3.05, 3.63) is 53.3 Å². The molecule has 1 atom stereocenters. The molecular formula is C21H27N3O2S. The summed E-state index contributed by atoms with van der Waals surface area (Å²) in [6.07, 6.45) is 3.00. The number of nitrogens with zero attached hydrogens (tertiary/aromatic N) is 3. The molecule has 5 nitrogen and oxygen atoms in total. The van der Waals surface area contributed by atoms with Crippen LogP contribution in [-0.4, -0.2) is 51.9 Å². The second kappa shape index (κ2) is 8.48. The van der Waals surface area contributed by atoms with Crippen LogP contribution in [0.3, 0.4) is 0 Å². The molecule has 0 bridgehead atoms. The number of carbonyl (C=O) groups excluding carboxylic acids is 1. The summed E-state index contributed by atoms with van der Waals surface area (Å²) in [6, 6.07) is 12.5. The van der Waals surface area contributed by atoms with Crippen LogP contribution in [0.2, 0.25) is 0 Å². The highest BCUT2D eigenvalue weighted by molar-refractivity contribution is 7.99. The van der Waals surface area contributed by atoms with E-state index < -0.39 is 0 Å². The van der Waals surface area contributed by atoms with Gasteiger partial charge in [0.05, 0.1) is 11.7 Å². The van der Waals surface area contributed by atoms with E-state index in [9.17, 15) is 4.79 Å². The van der Waals surface area contributed by atoms with Gasteiger partial charge < -0.3 is 9.64 Å². The summed E-state index contributed by atoms with van der Waals surface area (Å²) in [5, 5.41) is 4.68. The van der Waals surface area contributed by atoms with Crippen LogP contribution in [-0.2, 0) is 11.8 Å². The molecule has 0 saturated carbocycles. The molecule has 1 amide bonds. The molecular weight excluding hydrogens is 358 g/mol. The Morgan fingerprint density at radius 3 is 2.78 bits per heavy atom. The number of carbonyl (C=O) groups is 1. The molecule has 2 aromatic rings. The molecule has 1 aromatic carbocycles. The minimum atomic E-state index is 0.0969. The lowest BCUT2D eigenvalue weighted by Crippen LogP contribution is -2.37. The number of hydrogen-bond donors (Lipinski definition) is 0. The fourth-order valence-electron chi connectivity index (χ4n) is 4.00. The second-order valence-corrected chi connectivity index (χ2v) is 8.47. The van der Waals surface area contributed by atoms with E-state index in [0.29, 0.717) is 11.6 Å². The van der Waals surface area contributed by atoms with Gasteiger partial charge in [-0.25, -0.2) is 0 Å². The normalized spacial score (nSPS) is 21.8. The van der Waals surface area contributed by atoms with Gasteiger partial charge in [-0.15, -0.1) is 0 Å². The molecule has 1 aromatic heterocycles. The van der Waals surface area contributed by atoms with Crippen molar-refractivity contribution < 1.29 is 9.53 Å². The summed E-state index contributed by atoms with van der Waals surface area (Å²) in [4.78, 5) is 15.5. The number of rotatable bonds is 3. The average Bonchev–Trinajstić information content (AvgIpc) is 2.95. The topological polar surface area (TPSA) is 47.4 Å². The molecule has 0 aliphatic carbocycles. The van der Waals surface area contributed by atoms with Gasteiger partial charge in [-0.3, -0.25) is 9.48 Å². The average molecular weight is 386 g/mol. The molecule has 2 aliphatic heterocycles. The van der Waals surface area contributed by atoms with E-state index in [1.165, 1.54) is 5.56 Å². The molecule has 2 fully saturated rings. The summed E-state index contributed by atoms with van der Waals surface area (Å²) in [5.74, 6) is 2.54. The van der Waals surface area contributed by atoms with E-state index >= 15 is 0 Å². The molecule has 6 heteroatoms. The highest BCUT2D eigenvalue weighted by atomic mass is 32.2. The Labute approximate surface area is 165 Å².